The highest BCUT2D eigenvalue weighted by Crippen LogP contribution is 2.48. The lowest BCUT2D eigenvalue weighted by molar-refractivity contribution is -0.137. The smallest absolute Gasteiger partial charge is 0.309 e. The highest BCUT2D eigenvalue weighted by molar-refractivity contribution is 6.12. The number of nitrogens with zero attached hydrogens (tertiary/aromatic N) is 4. The van der Waals surface area contributed by atoms with Crippen LogP contribution in [0.1, 0.15) is 33.4 Å². The summed E-state index contributed by atoms with van der Waals surface area (Å²) in [7, 11) is 0. The van der Waals surface area contributed by atoms with E-state index in [1.165, 1.54) is 12.1 Å². The van der Waals surface area contributed by atoms with Crippen molar-refractivity contribution in [3.63, 3.8) is 0 Å². The molecule has 62 heavy (non-hydrogen) atoms. The number of para-hydroxylation sites is 2. The molecule has 0 radical (unpaired) electrons. The van der Waals surface area contributed by atoms with Crippen molar-refractivity contribution in [3.05, 3.63) is 196 Å². The van der Waals surface area contributed by atoms with E-state index in [9.17, 15) is 5.26 Å². The van der Waals surface area contributed by atoms with Gasteiger partial charge in [0.05, 0.1) is 51.1 Å². The summed E-state index contributed by atoms with van der Waals surface area (Å²) in [4.78, 5) is 3.70. The summed E-state index contributed by atoms with van der Waals surface area (Å²) in [6.07, 6.45) is -4.80. The number of halogens is 3. The standard InChI is InChI=1S/C55H37F3N4/c1-32-21-33(2)24-38(23-32)36-17-19-43-41-11-6-8-15-48(41)61(51(43)27-36)50-30-45(54-46(55(56,57)58)13-10-14-47(54)60-5)53(29-40(50)31-59)62-49-16-9-7-12-42(49)44-20-18-37(28-52(44)62)39-25-34(3)22-35(4)26-39/h6-30H,1-4H3. The molecule has 2 aromatic heterocycles. The molecule has 0 unspecified atom stereocenters. The van der Waals surface area contributed by atoms with Crippen LogP contribution in [-0.4, -0.2) is 9.13 Å². The van der Waals surface area contributed by atoms with Gasteiger partial charge in [0.1, 0.15) is 6.07 Å². The first-order chi connectivity index (χ1) is 29.9. The van der Waals surface area contributed by atoms with Crippen molar-refractivity contribution in [2.75, 3.05) is 0 Å². The van der Waals surface area contributed by atoms with Crippen LogP contribution in [0.3, 0.4) is 0 Å². The molecule has 8 aromatic carbocycles. The van der Waals surface area contributed by atoms with E-state index in [1.807, 2.05) is 57.7 Å². The maximum absolute atomic E-state index is 15.4. The number of hydrogen-bond donors (Lipinski definition) is 0. The third-order valence-electron chi connectivity index (χ3n) is 11.9. The quantitative estimate of drug-likeness (QED) is 0.160. The van der Waals surface area contributed by atoms with Gasteiger partial charge in [0.25, 0.3) is 0 Å². The van der Waals surface area contributed by atoms with Crippen LogP contribution in [0.25, 0.3) is 93.2 Å². The van der Waals surface area contributed by atoms with Gasteiger partial charge in [-0.25, -0.2) is 4.85 Å². The van der Waals surface area contributed by atoms with Crippen LogP contribution < -0.4 is 0 Å². The molecule has 0 aliphatic carbocycles. The van der Waals surface area contributed by atoms with Crippen LogP contribution in [0, 0.1) is 45.6 Å². The van der Waals surface area contributed by atoms with E-state index in [0.29, 0.717) is 11.4 Å². The van der Waals surface area contributed by atoms with Crippen molar-refractivity contribution in [2.24, 2.45) is 0 Å². The van der Waals surface area contributed by atoms with E-state index in [4.69, 9.17) is 6.57 Å². The van der Waals surface area contributed by atoms with Crippen LogP contribution in [0.4, 0.5) is 18.9 Å². The van der Waals surface area contributed by atoms with E-state index in [-0.39, 0.29) is 22.4 Å². The number of nitriles is 1. The van der Waals surface area contributed by atoms with Gasteiger partial charge in [0, 0.05) is 27.1 Å². The normalized spacial score (nSPS) is 11.8. The summed E-state index contributed by atoms with van der Waals surface area (Å²) in [6, 6.07) is 50.5. The fourth-order valence-electron chi connectivity index (χ4n) is 9.49. The molecule has 7 heteroatoms. The van der Waals surface area contributed by atoms with E-state index in [0.717, 1.165) is 94.2 Å². The molecule has 0 aliphatic heterocycles. The van der Waals surface area contributed by atoms with E-state index < -0.39 is 11.7 Å². The van der Waals surface area contributed by atoms with Gasteiger partial charge < -0.3 is 9.13 Å². The molecule has 4 nitrogen and oxygen atoms in total. The SMILES string of the molecule is [C-]#[N+]c1cccc(C(F)(F)F)c1-c1cc(-n2c3ccccc3c3ccc(-c4cc(C)cc(C)c4)cc32)c(C#N)cc1-n1c2ccccc2c2ccc(-c3cc(C)cc(C)c3)cc21. The minimum atomic E-state index is -4.80. The van der Waals surface area contributed by atoms with E-state index in [2.05, 4.69) is 111 Å². The number of benzene rings is 8. The molecule has 0 atom stereocenters. The lowest BCUT2D eigenvalue weighted by Gasteiger charge is -2.22. The molecule has 10 aromatic rings. The van der Waals surface area contributed by atoms with Crippen LogP contribution in [-0.2, 0) is 6.18 Å². The third kappa shape index (κ3) is 6.21. The van der Waals surface area contributed by atoms with Crippen LogP contribution in [0.2, 0.25) is 0 Å². The maximum atomic E-state index is 15.4. The zero-order valence-electron chi connectivity index (χ0n) is 34.4. The van der Waals surface area contributed by atoms with Gasteiger partial charge in [-0.05, 0) is 91.9 Å². The predicted octanol–water partition coefficient (Wildman–Crippen LogP) is 15.6. The molecule has 0 fully saturated rings. The maximum Gasteiger partial charge on any atom is 0.415 e. The Hall–Kier alpha value is -7.87. The second-order valence-electron chi connectivity index (χ2n) is 16.2. The average Bonchev–Trinajstić information content (AvgIpc) is 3.76. The average molecular weight is 811 g/mol. The minimum absolute atomic E-state index is 0.146. The first-order valence-corrected chi connectivity index (χ1v) is 20.3. The van der Waals surface area contributed by atoms with Gasteiger partial charge in [0.2, 0.25) is 0 Å². The summed E-state index contributed by atoms with van der Waals surface area (Å²) in [5.74, 6) is 0. The first kappa shape index (κ1) is 38.3. The highest BCUT2D eigenvalue weighted by atomic mass is 19.4. The number of hydrogen-bond acceptors (Lipinski definition) is 1. The summed E-state index contributed by atoms with van der Waals surface area (Å²) in [5, 5.41) is 14.9. The number of aromatic nitrogens is 2. The van der Waals surface area contributed by atoms with Gasteiger partial charge in [0.15, 0.2) is 5.69 Å². The van der Waals surface area contributed by atoms with Gasteiger partial charge in [-0.2, -0.15) is 18.4 Å². The minimum Gasteiger partial charge on any atom is -0.309 e. The Morgan fingerprint density at radius 1 is 0.500 bits per heavy atom. The Morgan fingerprint density at radius 3 is 1.47 bits per heavy atom. The van der Waals surface area contributed by atoms with Crippen molar-refractivity contribution in [1.82, 2.24) is 9.13 Å². The van der Waals surface area contributed by atoms with E-state index >= 15 is 13.2 Å². The second-order valence-corrected chi connectivity index (χ2v) is 16.2. The molecule has 0 saturated heterocycles. The molecule has 0 amide bonds. The summed E-state index contributed by atoms with van der Waals surface area (Å²) < 4.78 is 50.0. The summed E-state index contributed by atoms with van der Waals surface area (Å²) >= 11 is 0. The third-order valence-corrected chi connectivity index (χ3v) is 11.9. The Kier molecular flexibility index (Phi) is 8.91. The van der Waals surface area contributed by atoms with Crippen molar-refractivity contribution < 1.29 is 13.2 Å². The van der Waals surface area contributed by atoms with Crippen LogP contribution >= 0.6 is 0 Å². The Bertz CT molecular complexity index is 3550. The molecule has 0 spiro atoms. The lowest BCUT2D eigenvalue weighted by atomic mass is 9.93. The van der Waals surface area contributed by atoms with Gasteiger partial charge in [-0.3, -0.25) is 0 Å². The van der Waals surface area contributed by atoms with Gasteiger partial charge in [-0.15, -0.1) is 0 Å². The van der Waals surface area contributed by atoms with E-state index in [1.54, 1.807) is 12.1 Å². The topological polar surface area (TPSA) is 38.0 Å². The number of alkyl halides is 3. The molecule has 0 aliphatic rings. The molecule has 0 saturated carbocycles. The number of aryl methyl sites for hydroxylation is 4. The lowest BCUT2D eigenvalue weighted by Crippen LogP contribution is -2.10. The molecular formula is C55H37F3N4. The van der Waals surface area contributed by atoms with Crippen molar-refractivity contribution in [1.29, 1.82) is 5.26 Å². The first-order valence-electron chi connectivity index (χ1n) is 20.3. The Balaban J connectivity index is 1.36. The van der Waals surface area contributed by atoms with Crippen LogP contribution in [0.15, 0.2) is 152 Å². The van der Waals surface area contributed by atoms with Crippen molar-refractivity contribution in [3.8, 4) is 50.8 Å². The summed E-state index contributed by atoms with van der Waals surface area (Å²) in [5.41, 5.74) is 11.4. The molecule has 0 N–H and O–H groups in total. The fourth-order valence-corrected chi connectivity index (χ4v) is 9.49. The van der Waals surface area contributed by atoms with Crippen molar-refractivity contribution >= 4 is 49.3 Å². The zero-order chi connectivity index (χ0) is 43.0. The fraction of sp³-hybridized carbons (Fsp3) is 0.0909. The van der Waals surface area contributed by atoms with Crippen LogP contribution in [0.5, 0.6) is 0 Å². The Morgan fingerprint density at radius 2 is 0.984 bits per heavy atom. The largest absolute Gasteiger partial charge is 0.415 e. The molecule has 10 rings (SSSR count). The number of rotatable bonds is 5. The molecule has 298 valence electrons. The molecular weight excluding hydrogens is 774 g/mol. The second kappa shape index (κ2) is 14.4. The van der Waals surface area contributed by atoms with Crippen molar-refractivity contribution in [2.45, 2.75) is 33.9 Å². The molecule has 2 heterocycles. The van der Waals surface area contributed by atoms with Gasteiger partial charge >= 0.3 is 6.18 Å². The van der Waals surface area contributed by atoms with Gasteiger partial charge in [-0.1, -0.05) is 138 Å². The highest BCUT2D eigenvalue weighted by Gasteiger charge is 2.36. The Labute approximate surface area is 356 Å². The monoisotopic (exact) mass is 810 g/mol. The summed E-state index contributed by atoms with van der Waals surface area (Å²) in [6.45, 7) is 16.4. The number of fused-ring (bicyclic) bond motifs is 6. The zero-order valence-corrected chi connectivity index (χ0v) is 34.4. The molecule has 0 bridgehead atoms. The predicted molar refractivity (Wildman–Crippen MR) is 246 cm³/mol.